The lowest BCUT2D eigenvalue weighted by atomic mass is 9.92. The van der Waals surface area contributed by atoms with Crippen molar-refractivity contribution >= 4 is 11.9 Å². The molecule has 2 unspecified atom stereocenters. The van der Waals surface area contributed by atoms with E-state index in [9.17, 15) is 4.79 Å². The molecule has 0 aromatic heterocycles. The van der Waals surface area contributed by atoms with E-state index in [0.717, 1.165) is 50.5 Å². The SMILES string of the molecule is CCNC(=NCCN1CC(C)CC(C)C1)N(C)CC(=O)N(CC)CC. The molecule has 6 heteroatoms. The minimum atomic E-state index is 0.150. The molecule has 1 saturated heterocycles. The maximum atomic E-state index is 12.3. The van der Waals surface area contributed by atoms with Crippen molar-refractivity contribution in [1.29, 1.82) is 0 Å². The van der Waals surface area contributed by atoms with E-state index in [4.69, 9.17) is 4.99 Å². The van der Waals surface area contributed by atoms with E-state index < -0.39 is 0 Å². The smallest absolute Gasteiger partial charge is 0.242 e. The van der Waals surface area contributed by atoms with Crippen LogP contribution in [0.15, 0.2) is 4.99 Å². The van der Waals surface area contributed by atoms with Crippen LogP contribution in [0, 0.1) is 11.8 Å². The Kier molecular flexibility index (Phi) is 9.86. The third kappa shape index (κ3) is 7.63. The summed E-state index contributed by atoms with van der Waals surface area (Å²) in [7, 11) is 1.94. The molecule has 0 aromatic carbocycles. The van der Waals surface area contributed by atoms with E-state index in [1.807, 2.05) is 30.7 Å². The average Bonchev–Trinajstić information content (AvgIpc) is 2.54. The summed E-state index contributed by atoms with van der Waals surface area (Å²) in [4.78, 5) is 23.4. The maximum Gasteiger partial charge on any atom is 0.242 e. The summed E-state index contributed by atoms with van der Waals surface area (Å²) in [5.41, 5.74) is 0. The second-order valence-electron chi connectivity index (χ2n) is 7.36. The van der Waals surface area contributed by atoms with Crippen molar-refractivity contribution in [3.05, 3.63) is 0 Å². The summed E-state index contributed by atoms with van der Waals surface area (Å²) >= 11 is 0. The Balaban J connectivity index is 2.56. The van der Waals surface area contributed by atoms with Crippen molar-refractivity contribution < 1.29 is 4.79 Å². The van der Waals surface area contributed by atoms with Gasteiger partial charge in [-0.1, -0.05) is 13.8 Å². The van der Waals surface area contributed by atoms with E-state index in [2.05, 4.69) is 31.0 Å². The monoisotopic (exact) mass is 353 g/mol. The number of piperidine rings is 1. The fourth-order valence-corrected chi connectivity index (χ4v) is 3.70. The predicted octanol–water partition coefficient (Wildman–Crippen LogP) is 1.73. The molecule has 1 N–H and O–H groups in total. The van der Waals surface area contributed by atoms with E-state index in [0.29, 0.717) is 6.54 Å². The van der Waals surface area contributed by atoms with Crippen LogP contribution in [0.1, 0.15) is 41.0 Å². The third-order valence-corrected chi connectivity index (χ3v) is 4.81. The quantitative estimate of drug-likeness (QED) is 0.533. The molecule has 2 atom stereocenters. The van der Waals surface area contributed by atoms with Gasteiger partial charge in [0.1, 0.15) is 0 Å². The Morgan fingerprint density at radius 3 is 2.28 bits per heavy atom. The molecule has 1 aliphatic rings. The van der Waals surface area contributed by atoms with Gasteiger partial charge in [0.2, 0.25) is 5.91 Å². The third-order valence-electron chi connectivity index (χ3n) is 4.81. The van der Waals surface area contributed by atoms with Crippen LogP contribution in [0.4, 0.5) is 0 Å². The fourth-order valence-electron chi connectivity index (χ4n) is 3.70. The van der Waals surface area contributed by atoms with Crippen LogP contribution >= 0.6 is 0 Å². The molecular formula is C19H39N5O. The van der Waals surface area contributed by atoms with Crippen LogP contribution in [0.3, 0.4) is 0 Å². The van der Waals surface area contributed by atoms with E-state index in [-0.39, 0.29) is 5.91 Å². The first-order valence-electron chi connectivity index (χ1n) is 9.90. The zero-order valence-electron chi connectivity index (χ0n) is 17.2. The van der Waals surface area contributed by atoms with Crippen molar-refractivity contribution in [3.63, 3.8) is 0 Å². The minimum Gasteiger partial charge on any atom is -0.357 e. The zero-order valence-corrected chi connectivity index (χ0v) is 17.2. The van der Waals surface area contributed by atoms with E-state index >= 15 is 0 Å². The number of nitrogens with zero attached hydrogens (tertiary/aromatic N) is 4. The second kappa shape index (κ2) is 11.3. The zero-order chi connectivity index (χ0) is 18.8. The number of hydrogen-bond donors (Lipinski definition) is 1. The first-order chi connectivity index (χ1) is 11.9. The summed E-state index contributed by atoms with van der Waals surface area (Å²) in [6, 6.07) is 0. The maximum absolute atomic E-state index is 12.3. The Bertz CT molecular complexity index is 412. The molecule has 25 heavy (non-hydrogen) atoms. The van der Waals surface area contributed by atoms with Crippen LogP contribution in [0.25, 0.3) is 0 Å². The van der Waals surface area contributed by atoms with Gasteiger partial charge in [-0.3, -0.25) is 9.79 Å². The van der Waals surface area contributed by atoms with Crippen LogP contribution < -0.4 is 5.32 Å². The van der Waals surface area contributed by atoms with Gasteiger partial charge in [0.15, 0.2) is 5.96 Å². The molecule has 0 bridgehead atoms. The Morgan fingerprint density at radius 1 is 1.16 bits per heavy atom. The van der Waals surface area contributed by atoms with Gasteiger partial charge in [0.25, 0.3) is 0 Å². The number of aliphatic imine (C=N–C) groups is 1. The average molecular weight is 354 g/mol. The first kappa shape index (κ1) is 21.7. The van der Waals surface area contributed by atoms with Gasteiger partial charge in [-0.2, -0.15) is 0 Å². The van der Waals surface area contributed by atoms with Crippen LogP contribution in [-0.4, -0.2) is 86.0 Å². The number of rotatable bonds is 8. The first-order valence-corrected chi connectivity index (χ1v) is 9.90. The lowest BCUT2D eigenvalue weighted by molar-refractivity contribution is -0.131. The van der Waals surface area contributed by atoms with Gasteiger partial charge in [-0.05, 0) is 39.0 Å². The molecular weight excluding hydrogens is 314 g/mol. The number of likely N-dealkylation sites (N-methyl/N-ethyl adjacent to an activating group) is 2. The van der Waals surface area contributed by atoms with Crippen molar-refractivity contribution in [1.82, 2.24) is 20.0 Å². The van der Waals surface area contributed by atoms with Gasteiger partial charge < -0.3 is 20.0 Å². The number of hydrogen-bond acceptors (Lipinski definition) is 3. The molecule has 1 fully saturated rings. The van der Waals surface area contributed by atoms with Gasteiger partial charge in [0, 0.05) is 46.3 Å². The second-order valence-corrected chi connectivity index (χ2v) is 7.36. The molecule has 1 amide bonds. The van der Waals surface area contributed by atoms with Crippen LogP contribution in [0.5, 0.6) is 0 Å². The molecule has 0 spiro atoms. The van der Waals surface area contributed by atoms with Gasteiger partial charge in [-0.15, -0.1) is 0 Å². The Morgan fingerprint density at radius 2 is 1.76 bits per heavy atom. The molecule has 1 heterocycles. The lowest BCUT2D eigenvalue weighted by Gasteiger charge is -2.34. The minimum absolute atomic E-state index is 0.150. The van der Waals surface area contributed by atoms with E-state index in [1.54, 1.807) is 0 Å². The highest BCUT2D eigenvalue weighted by Crippen LogP contribution is 2.20. The lowest BCUT2D eigenvalue weighted by Crippen LogP contribution is -2.46. The summed E-state index contributed by atoms with van der Waals surface area (Å²) < 4.78 is 0. The summed E-state index contributed by atoms with van der Waals surface area (Å²) in [6.45, 7) is 17.5. The number of likely N-dealkylation sites (tertiary alicyclic amines) is 1. The fraction of sp³-hybridized carbons (Fsp3) is 0.895. The number of carbonyl (C=O) groups is 1. The highest BCUT2D eigenvalue weighted by Gasteiger charge is 2.21. The number of guanidine groups is 1. The summed E-state index contributed by atoms with van der Waals surface area (Å²) in [5, 5.41) is 3.30. The Labute approximate surface area is 154 Å². The van der Waals surface area contributed by atoms with Gasteiger partial charge >= 0.3 is 0 Å². The van der Waals surface area contributed by atoms with Gasteiger partial charge in [-0.25, -0.2) is 0 Å². The molecule has 6 nitrogen and oxygen atoms in total. The highest BCUT2D eigenvalue weighted by molar-refractivity contribution is 5.86. The molecule has 1 aliphatic heterocycles. The van der Waals surface area contributed by atoms with Crippen molar-refractivity contribution in [2.75, 3.05) is 59.4 Å². The normalized spacial score (nSPS) is 21.9. The number of amides is 1. The van der Waals surface area contributed by atoms with Crippen molar-refractivity contribution in [3.8, 4) is 0 Å². The standard InChI is InChI=1S/C19H39N5O/c1-7-20-19(22(6)15-18(25)24(8-2)9-3)21-10-11-23-13-16(4)12-17(5)14-23/h16-17H,7-15H2,1-6H3,(H,20,21). The van der Waals surface area contributed by atoms with Crippen LogP contribution in [-0.2, 0) is 4.79 Å². The largest absolute Gasteiger partial charge is 0.357 e. The molecule has 146 valence electrons. The van der Waals surface area contributed by atoms with Crippen molar-refractivity contribution in [2.24, 2.45) is 16.8 Å². The molecule has 0 aromatic rings. The highest BCUT2D eigenvalue weighted by atomic mass is 16.2. The number of carbonyl (C=O) groups excluding carboxylic acids is 1. The number of nitrogens with one attached hydrogen (secondary N) is 1. The molecule has 0 aliphatic carbocycles. The molecule has 0 radical (unpaired) electrons. The van der Waals surface area contributed by atoms with Crippen LogP contribution in [0.2, 0.25) is 0 Å². The Hall–Kier alpha value is -1.30. The van der Waals surface area contributed by atoms with Gasteiger partial charge in [0.05, 0.1) is 13.1 Å². The van der Waals surface area contributed by atoms with Crippen molar-refractivity contribution in [2.45, 2.75) is 41.0 Å². The summed E-state index contributed by atoms with van der Waals surface area (Å²) in [6.07, 6.45) is 1.33. The van der Waals surface area contributed by atoms with E-state index in [1.165, 1.54) is 19.5 Å². The predicted molar refractivity (Wildman–Crippen MR) is 106 cm³/mol. The summed E-state index contributed by atoms with van der Waals surface area (Å²) in [5.74, 6) is 2.52. The molecule has 1 rings (SSSR count). The molecule has 0 saturated carbocycles. The topological polar surface area (TPSA) is 51.2 Å².